The monoisotopic (exact) mass is 189 g/mol. The van der Waals surface area contributed by atoms with E-state index in [0.29, 0.717) is 6.10 Å². The van der Waals surface area contributed by atoms with Gasteiger partial charge in [0, 0.05) is 4.88 Å². The van der Waals surface area contributed by atoms with E-state index in [4.69, 9.17) is 0 Å². The van der Waals surface area contributed by atoms with E-state index in [1.807, 2.05) is 47.8 Å². The first-order valence-electron chi connectivity index (χ1n) is 4.03. The molecule has 2 rings (SSSR count). The Kier molecular flexibility index (Phi) is 2.43. The van der Waals surface area contributed by atoms with Crippen LogP contribution in [0.25, 0.3) is 0 Å². The third kappa shape index (κ3) is 1.79. The maximum Gasteiger partial charge on any atom is 0.161 e. The maximum absolute atomic E-state index is 9.81. The molecule has 0 atom stereocenters. The molecule has 1 nitrogen and oxygen atoms in total. The maximum atomic E-state index is 9.81. The molecule has 1 heterocycles. The molecule has 65 valence electrons. The molecule has 0 saturated carbocycles. The van der Waals surface area contributed by atoms with Gasteiger partial charge in [0.15, 0.2) is 6.10 Å². The van der Waals surface area contributed by atoms with Crippen LogP contribution in [-0.4, -0.2) is 5.11 Å². The minimum atomic E-state index is 0.357. The summed E-state index contributed by atoms with van der Waals surface area (Å²) < 4.78 is 0. The molecule has 0 amide bonds. The number of hydrogen-bond acceptors (Lipinski definition) is 2. The fourth-order valence-electron chi connectivity index (χ4n) is 1.15. The highest BCUT2D eigenvalue weighted by Crippen LogP contribution is 2.24. The van der Waals surface area contributed by atoms with Gasteiger partial charge in [-0.3, -0.25) is 0 Å². The van der Waals surface area contributed by atoms with Gasteiger partial charge in [-0.2, -0.15) is 0 Å². The zero-order valence-electron chi connectivity index (χ0n) is 6.97. The average Bonchev–Trinajstić information content (AvgIpc) is 2.71. The molecular formula is C11H9OS. The Hall–Kier alpha value is -1.12. The predicted octanol–water partition coefficient (Wildman–Crippen LogP) is 3.05. The molecule has 0 fully saturated rings. The minimum absolute atomic E-state index is 0.357. The smallest absolute Gasteiger partial charge is 0.161 e. The van der Waals surface area contributed by atoms with Crippen LogP contribution in [-0.2, 0) is 0 Å². The Labute approximate surface area is 81.3 Å². The summed E-state index contributed by atoms with van der Waals surface area (Å²) in [5.74, 6) is 0. The van der Waals surface area contributed by atoms with Crippen molar-refractivity contribution < 1.29 is 5.11 Å². The molecule has 0 spiro atoms. The molecule has 0 aliphatic carbocycles. The Morgan fingerprint density at radius 1 is 1.00 bits per heavy atom. The molecule has 1 radical (unpaired) electrons. The SMILES string of the molecule is O[C](c1ccccc1)c1cccs1. The van der Waals surface area contributed by atoms with Crippen molar-refractivity contribution in [3.63, 3.8) is 0 Å². The quantitative estimate of drug-likeness (QED) is 0.769. The van der Waals surface area contributed by atoms with Gasteiger partial charge >= 0.3 is 0 Å². The van der Waals surface area contributed by atoms with Gasteiger partial charge in [0.2, 0.25) is 0 Å². The van der Waals surface area contributed by atoms with Crippen LogP contribution >= 0.6 is 11.3 Å². The number of hydrogen-bond donors (Lipinski definition) is 1. The third-order valence-corrected chi connectivity index (χ3v) is 2.68. The van der Waals surface area contributed by atoms with Crippen LogP contribution in [0.3, 0.4) is 0 Å². The Balaban J connectivity index is 2.29. The Bertz CT molecular complexity index is 353. The van der Waals surface area contributed by atoms with E-state index in [1.54, 1.807) is 0 Å². The molecule has 13 heavy (non-hydrogen) atoms. The van der Waals surface area contributed by atoms with Crippen LogP contribution in [0.1, 0.15) is 10.4 Å². The van der Waals surface area contributed by atoms with Gasteiger partial charge in [0.25, 0.3) is 0 Å². The van der Waals surface area contributed by atoms with Gasteiger partial charge in [-0.1, -0.05) is 36.4 Å². The van der Waals surface area contributed by atoms with Crippen molar-refractivity contribution >= 4 is 11.3 Å². The van der Waals surface area contributed by atoms with Crippen molar-refractivity contribution in [1.29, 1.82) is 0 Å². The lowest BCUT2D eigenvalue weighted by Gasteiger charge is -2.05. The van der Waals surface area contributed by atoms with E-state index in [0.717, 1.165) is 10.4 Å². The second-order valence-corrected chi connectivity index (χ2v) is 3.64. The molecule has 0 unspecified atom stereocenters. The summed E-state index contributed by atoms with van der Waals surface area (Å²) in [5, 5.41) is 11.8. The summed E-state index contributed by atoms with van der Waals surface area (Å²) in [6.07, 6.45) is 0.357. The van der Waals surface area contributed by atoms with Gasteiger partial charge in [0.1, 0.15) is 0 Å². The van der Waals surface area contributed by atoms with E-state index < -0.39 is 0 Å². The van der Waals surface area contributed by atoms with Crippen LogP contribution in [0.5, 0.6) is 0 Å². The Morgan fingerprint density at radius 2 is 1.77 bits per heavy atom. The molecule has 2 aromatic rings. The molecule has 0 saturated heterocycles. The van der Waals surface area contributed by atoms with Gasteiger partial charge < -0.3 is 5.11 Å². The van der Waals surface area contributed by atoms with Crippen molar-refractivity contribution in [3.8, 4) is 0 Å². The second-order valence-electron chi connectivity index (χ2n) is 2.69. The van der Waals surface area contributed by atoms with Crippen molar-refractivity contribution in [2.45, 2.75) is 0 Å². The van der Waals surface area contributed by atoms with Crippen molar-refractivity contribution in [1.82, 2.24) is 0 Å². The molecule has 2 heteroatoms. The van der Waals surface area contributed by atoms with Crippen LogP contribution in [0, 0.1) is 6.10 Å². The van der Waals surface area contributed by atoms with Crippen molar-refractivity contribution in [2.75, 3.05) is 0 Å². The Morgan fingerprint density at radius 3 is 2.38 bits per heavy atom. The molecule has 0 aliphatic rings. The summed E-state index contributed by atoms with van der Waals surface area (Å²) >= 11 is 1.54. The van der Waals surface area contributed by atoms with E-state index in [1.165, 1.54) is 11.3 Å². The van der Waals surface area contributed by atoms with E-state index in [2.05, 4.69) is 0 Å². The zero-order valence-corrected chi connectivity index (χ0v) is 7.79. The van der Waals surface area contributed by atoms with E-state index >= 15 is 0 Å². The summed E-state index contributed by atoms with van der Waals surface area (Å²) in [6.45, 7) is 0. The van der Waals surface area contributed by atoms with E-state index in [9.17, 15) is 5.11 Å². The molecule has 0 aliphatic heterocycles. The second kappa shape index (κ2) is 3.73. The van der Waals surface area contributed by atoms with Gasteiger partial charge in [-0.15, -0.1) is 11.3 Å². The molecule has 1 aromatic carbocycles. The lowest BCUT2D eigenvalue weighted by molar-refractivity contribution is 0.359. The normalized spacial score (nSPS) is 10.6. The molecule has 1 aromatic heterocycles. The van der Waals surface area contributed by atoms with Crippen LogP contribution < -0.4 is 0 Å². The number of aliphatic hydroxyl groups is 1. The fourth-order valence-corrected chi connectivity index (χ4v) is 1.84. The highest BCUT2D eigenvalue weighted by molar-refractivity contribution is 7.10. The molecule has 0 bridgehead atoms. The average molecular weight is 189 g/mol. The lowest BCUT2D eigenvalue weighted by Crippen LogP contribution is -1.96. The predicted molar refractivity (Wildman–Crippen MR) is 54.1 cm³/mol. The largest absolute Gasteiger partial charge is 0.376 e. The van der Waals surface area contributed by atoms with Crippen LogP contribution in [0.4, 0.5) is 0 Å². The minimum Gasteiger partial charge on any atom is -0.376 e. The number of thiophene rings is 1. The van der Waals surface area contributed by atoms with Gasteiger partial charge in [0.05, 0.1) is 0 Å². The lowest BCUT2D eigenvalue weighted by atomic mass is 10.1. The molecular weight excluding hydrogens is 180 g/mol. The zero-order chi connectivity index (χ0) is 9.10. The van der Waals surface area contributed by atoms with Gasteiger partial charge in [-0.25, -0.2) is 0 Å². The summed E-state index contributed by atoms with van der Waals surface area (Å²) in [4.78, 5) is 0.909. The number of benzene rings is 1. The summed E-state index contributed by atoms with van der Waals surface area (Å²) in [6, 6.07) is 13.4. The third-order valence-electron chi connectivity index (χ3n) is 1.80. The summed E-state index contributed by atoms with van der Waals surface area (Å²) in [7, 11) is 0. The van der Waals surface area contributed by atoms with Crippen molar-refractivity contribution in [2.24, 2.45) is 0 Å². The van der Waals surface area contributed by atoms with Crippen molar-refractivity contribution in [3.05, 3.63) is 64.4 Å². The first kappa shape index (κ1) is 8.48. The fraction of sp³-hybridized carbons (Fsp3) is 0. The first-order valence-corrected chi connectivity index (χ1v) is 4.91. The summed E-state index contributed by atoms with van der Waals surface area (Å²) in [5.41, 5.74) is 0.866. The number of aliphatic hydroxyl groups excluding tert-OH is 1. The highest BCUT2D eigenvalue weighted by atomic mass is 32.1. The van der Waals surface area contributed by atoms with Gasteiger partial charge in [-0.05, 0) is 17.0 Å². The molecule has 1 N–H and O–H groups in total. The standard InChI is InChI=1S/C11H9OS/c12-11(10-7-4-8-13-10)9-5-2-1-3-6-9/h1-8,12H. The van der Waals surface area contributed by atoms with E-state index in [-0.39, 0.29) is 0 Å². The first-order chi connectivity index (χ1) is 6.38. The van der Waals surface area contributed by atoms with Crippen LogP contribution in [0.15, 0.2) is 47.8 Å². The highest BCUT2D eigenvalue weighted by Gasteiger charge is 2.11. The number of rotatable bonds is 2. The van der Waals surface area contributed by atoms with Crippen LogP contribution in [0.2, 0.25) is 0 Å². The topological polar surface area (TPSA) is 20.2 Å².